The van der Waals surface area contributed by atoms with Crippen LogP contribution in [0.1, 0.15) is 5.56 Å². The summed E-state index contributed by atoms with van der Waals surface area (Å²) in [5.41, 5.74) is 0.980. The van der Waals surface area contributed by atoms with Crippen molar-refractivity contribution in [1.29, 1.82) is 0 Å². The number of aryl methyl sites for hydroxylation is 1. The fraction of sp³-hybridized carbons (Fsp3) is 0.231. The highest BCUT2D eigenvalue weighted by Gasteiger charge is 2.14. The molecule has 0 aliphatic rings. The van der Waals surface area contributed by atoms with Gasteiger partial charge in [-0.05, 0) is 25.1 Å². The Labute approximate surface area is 117 Å². The lowest BCUT2D eigenvalue weighted by molar-refractivity contribution is 0.209. The summed E-state index contributed by atoms with van der Waals surface area (Å²) in [6.07, 6.45) is 3.07. The summed E-state index contributed by atoms with van der Waals surface area (Å²) in [6, 6.07) is 8.28. The Morgan fingerprint density at radius 2 is 1.70 bits per heavy atom. The molecule has 2 aromatic rings. The van der Waals surface area contributed by atoms with E-state index in [2.05, 4.69) is 9.97 Å². The molecule has 0 aliphatic carbocycles. The maximum atomic E-state index is 11.8. The Kier molecular flexibility index (Phi) is 4.65. The molecule has 2 rings (SSSR count). The van der Waals surface area contributed by atoms with Crippen LogP contribution in [0.15, 0.2) is 47.6 Å². The molecular weight excluding hydrogens is 280 g/mol. The largest absolute Gasteiger partial charge is 0.461 e. The lowest BCUT2D eigenvalue weighted by Crippen LogP contribution is -2.13. The third-order valence-electron chi connectivity index (χ3n) is 2.40. The van der Waals surface area contributed by atoms with Gasteiger partial charge in [-0.3, -0.25) is 4.18 Å². The highest BCUT2D eigenvalue weighted by Crippen LogP contribution is 2.13. The van der Waals surface area contributed by atoms with Crippen molar-refractivity contribution in [3.05, 3.63) is 48.3 Å². The zero-order valence-corrected chi connectivity index (χ0v) is 11.7. The highest BCUT2D eigenvalue weighted by atomic mass is 32.2. The fourth-order valence-corrected chi connectivity index (χ4v) is 2.30. The molecule has 0 bridgehead atoms. The van der Waals surface area contributed by atoms with E-state index in [0.717, 1.165) is 5.56 Å². The lowest BCUT2D eigenvalue weighted by Gasteiger charge is -2.06. The SMILES string of the molecule is Cc1ccc(S(=O)(=O)OCCOc2ncccn2)cc1. The molecule has 0 radical (unpaired) electrons. The van der Waals surface area contributed by atoms with Gasteiger partial charge in [0.2, 0.25) is 0 Å². The molecule has 0 atom stereocenters. The van der Waals surface area contributed by atoms with Crippen LogP contribution in [-0.2, 0) is 14.3 Å². The summed E-state index contributed by atoms with van der Waals surface area (Å²) in [6.45, 7) is 1.83. The minimum Gasteiger partial charge on any atom is -0.461 e. The number of rotatable bonds is 6. The normalized spacial score (nSPS) is 11.2. The van der Waals surface area contributed by atoms with Crippen LogP contribution in [0.4, 0.5) is 0 Å². The van der Waals surface area contributed by atoms with Gasteiger partial charge in [-0.2, -0.15) is 8.42 Å². The summed E-state index contributed by atoms with van der Waals surface area (Å²) in [5.74, 6) is 0. The number of benzene rings is 1. The van der Waals surface area contributed by atoms with Crippen molar-refractivity contribution in [2.45, 2.75) is 11.8 Å². The van der Waals surface area contributed by atoms with Gasteiger partial charge in [-0.25, -0.2) is 9.97 Å². The molecule has 6 nitrogen and oxygen atoms in total. The van der Waals surface area contributed by atoms with E-state index in [4.69, 9.17) is 8.92 Å². The molecule has 0 fully saturated rings. The average Bonchev–Trinajstić information content (AvgIpc) is 2.45. The zero-order chi connectivity index (χ0) is 14.4. The van der Waals surface area contributed by atoms with E-state index in [1.807, 2.05) is 6.92 Å². The van der Waals surface area contributed by atoms with Crippen molar-refractivity contribution in [1.82, 2.24) is 9.97 Å². The molecule has 20 heavy (non-hydrogen) atoms. The van der Waals surface area contributed by atoms with E-state index in [0.29, 0.717) is 0 Å². The van der Waals surface area contributed by atoms with Gasteiger partial charge in [0, 0.05) is 12.4 Å². The molecule has 0 unspecified atom stereocenters. The molecule has 1 aromatic heterocycles. The van der Waals surface area contributed by atoms with E-state index < -0.39 is 10.1 Å². The van der Waals surface area contributed by atoms with Gasteiger partial charge >= 0.3 is 6.01 Å². The van der Waals surface area contributed by atoms with Crippen molar-refractivity contribution in [3.63, 3.8) is 0 Å². The van der Waals surface area contributed by atoms with Gasteiger partial charge in [0.15, 0.2) is 0 Å². The molecule has 0 saturated heterocycles. The van der Waals surface area contributed by atoms with Gasteiger partial charge in [0.1, 0.15) is 13.2 Å². The van der Waals surface area contributed by atoms with Gasteiger partial charge < -0.3 is 4.74 Å². The Bertz CT molecular complexity index is 642. The number of aromatic nitrogens is 2. The van der Waals surface area contributed by atoms with Crippen LogP contribution in [0.3, 0.4) is 0 Å². The zero-order valence-electron chi connectivity index (χ0n) is 10.9. The molecule has 0 spiro atoms. The van der Waals surface area contributed by atoms with Gasteiger partial charge in [-0.1, -0.05) is 17.7 Å². The van der Waals surface area contributed by atoms with Gasteiger partial charge in [0.25, 0.3) is 10.1 Å². The van der Waals surface area contributed by atoms with Crippen LogP contribution in [-0.4, -0.2) is 31.6 Å². The van der Waals surface area contributed by atoms with E-state index in [9.17, 15) is 8.42 Å². The minimum absolute atomic E-state index is 0.0507. The molecule has 1 aromatic carbocycles. The van der Waals surface area contributed by atoms with Gasteiger partial charge in [-0.15, -0.1) is 0 Å². The molecule has 7 heteroatoms. The third kappa shape index (κ3) is 4.01. The molecule has 0 N–H and O–H groups in total. The Morgan fingerprint density at radius 3 is 2.35 bits per heavy atom. The van der Waals surface area contributed by atoms with Crippen LogP contribution in [0.5, 0.6) is 6.01 Å². The smallest absolute Gasteiger partial charge is 0.316 e. The number of hydrogen-bond acceptors (Lipinski definition) is 6. The van der Waals surface area contributed by atoms with Crippen molar-refractivity contribution in [2.24, 2.45) is 0 Å². The minimum atomic E-state index is -3.75. The number of nitrogens with zero attached hydrogens (tertiary/aromatic N) is 2. The maximum absolute atomic E-state index is 11.8. The predicted molar refractivity (Wildman–Crippen MR) is 71.8 cm³/mol. The monoisotopic (exact) mass is 294 g/mol. The van der Waals surface area contributed by atoms with Crippen molar-refractivity contribution in [3.8, 4) is 6.01 Å². The molecule has 0 saturated carbocycles. The topological polar surface area (TPSA) is 78.4 Å². The second-order valence-electron chi connectivity index (χ2n) is 3.97. The van der Waals surface area contributed by atoms with E-state index in [1.165, 1.54) is 24.5 Å². The van der Waals surface area contributed by atoms with Crippen LogP contribution >= 0.6 is 0 Å². The van der Waals surface area contributed by atoms with Crippen molar-refractivity contribution < 1.29 is 17.3 Å². The van der Waals surface area contributed by atoms with Crippen LogP contribution in [0, 0.1) is 6.92 Å². The van der Waals surface area contributed by atoms with E-state index in [1.54, 1.807) is 18.2 Å². The van der Waals surface area contributed by atoms with E-state index >= 15 is 0 Å². The first kappa shape index (κ1) is 14.4. The number of ether oxygens (including phenoxy) is 1. The van der Waals surface area contributed by atoms with Crippen LogP contribution < -0.4 is 4.74 Å². The lowest BCUT2D eigenvalue weighted by atomic mass is 10.2. The first-order valence-corrected chi connectivity index (χ1v) is 7.35. The fourth-order valence-electron chi connectivity index (χ4n) is 1.41. The summed E-state index contributed by atoms with van der Waals surface area (Å²) >= 11 is 0. The average molecular weight is 294 g/mol. The summed E-state index contributed by atoms with van der Waals surface area (Å²) < 4.78 is 33.7. The standard InChI is InChI=1S/C13H14N2O4S/c1-11-3-5-12(6-4-11)20(16,17)19-10-9-18-13-14-7-2-8-15-13/h2-8H,9-10H2,1H3. The maximum Gasteiger partial charge on any atom is 0.316 e. The molecule has 0 amide bonds. The Balaban J connectivity index is 1.85. The number of hydrogen-bond donors (Lipinski definition) is 0. The second kappa shape index (κ2) is 6.44. The Morgan fingerprint density at radius 1 is 1.05 bits per heavy atom. The van der Waals surface area contributed by atoms with Crippen LogP contribution in [0.2, 0.25) is 0 Å². The summed E-state index contributed by atoms with van der Waals surface area (Å²) in [4.78, 5) is 7.81. The van der Waals surface area contributed by atoms with E-state index in [-0.39, 0.29) is 24.1 Å². The predicted octanol–water partition coefficient (Wildman–Crippen LogP) is 1.57. The molecule has 1 heterocycles. The molecule has 106 valence electrons. The summed E-state index contributed by atoms with van der Waals surface area (Å²) in [5, 5.41) is 0. The Hall–Kier alpha value is -1.99. The van der Waals surface area contributed by atoms with Crippen LogP contribution in [0.25, 0.3) is 0 Å². The summed E-state index contributed by atoms with van der Waals surface area (Å²) in [7, 11) is -3.75. The molecular formula is C13H14N2O4S. The first-order valence-electron chi connectivity index (χ1n) is 5.94. The molecule has 0 aliphatic heterocycles. The van der Waals surface area contributed by atoms with Crippen molar-refractivity contribution >= 4 is 10.1 Å². The van der Waals surface area contributed by atoms with Crippen molar-refractivity contribution in [2.75, 3.05) is 13.2 Å². The second-order valence-corrected chi connectivity index (χ2v) is 5.58. The highest BCUT2D eigenvalue weighted by molar-refractivity contribution is 7.86. The first-order chi connectivity index (χ1) is 9.58. The quantitative estimate of drug-likeness (QED) is 0.594. The third-order valence-corrected chi connectivity index (χ3v) is 3.73. The van der Waals surface area contributed by atoms with Gasteiger partial charge in [0.05, 0.1) is 4.90 Å².